The minimum atomic E-state index is -0.721. The Morgan fingerprint density at radius 1 is 0.870 bits per heavy atom. The van der Waals surface area contributed by atoms with Gasteiger partial charge in [-0.15, -0.1) is 12.4 Å². The molecule has 0 amide bonds. The predicted octanol–water partition coefficient (Wildman–Crippen LogP) is 3.27. The van der Waals surface area contributed by atoms with Crippen LogP contribution in [0.4, 0.5) is 0 Å². The lowest BCUT2D eigenvalue weighted by Gasteiger charge is -2.24. The highest BCUT2D eigenvalue weighted by atomic mass is 35.5. The van der Waals surface area contributed by atoms with Crippen molar-refractivity contribution in [3.05, 3.63) is 0 Å². The molecule has 0 aromatic rings. The number of halogens is 1. The summed E-state index contributed by atoms with van der Waals surface area (Å²) in [7, 11) is 0. The molecule has 5 nitrogen and oxygen atoms in total. The Labute approximate surface area is 145 Å². The molecule has 2 fully saturated rings. The van der Waals surface area contributed by atoms with Crippen molar-refractivity contribution in [1.29, 1.82) is 0 Å². The molecule has 0 bridgehead atoms. The second kappa shape index (κ2) is 10.9. The smallest absolute Gasteiger partial charge is 0.323 e. The first kappa shape index (κ1) is 20.2. The lowest BCUT2D eigenvalue weighted by molar-refractivity contribution is -0.153. The third-order valence-electron chi connectivity index (χ3n) is 4.65. The minimum Gasteiger partial charge on any atom is -0.462 e. The van der Waals surface area contributed by atoms with Crippen molar-refractivity contribution in [3.8, 4) is 0 Å². The zero-order chi connectivity index (χ0) is 15.8. The third kappa shape index (κ3) is 7.53. The molecule has 0 aliphatic heterocycles. The van der Waals surface area contributed by atoms with Gasteiger partial charge in [0, 0.05) is 6.42 Å². The quantitative estimate of drug-likeness (QED) is 0.746. The Morgan fingerprint density at radius 3 is 1.87 bits per heavy atom. The molecule has 0 radical (unpaired) electrons. The van der Waals surface area contributed by atoms with Crippen LogP contribution in [0.3, 0.4) is 0 Å². The van der Waals surface area contributed by atoms with Crippen LogP contribution in [0.2, 0.25) is 0 Å². The van der Waals surface area contributed by atoms with E-state index in [1.807, 2.05) is 0 Å². The van der Waals surface area contributed by atoms with E-state index in [2.05, 4.69) is 0 Å². The summed E-state index contributed by atoms with van der Waals surface area (Å²) >= 11 is 0. The number of carbonyl (C=O) groups is 2. The number of nitrogens with two attached hydrogens (primary N) is 1. The molecule has 0 aromatic heterocycles. The van der Waals surface area contributed by atoms with Gasteiger partial charge < -0.3 is 15.2 Å². The summed E-state index contributed by atoms with van der Waals surface area (Å²) in [6, 6.07) is -0.721. The molecule has 134 valence electrons. The van der Waals surface area contributed by atoms with Crippen molar-refractivity contribution in [2.45, 2.75) is 95.3 Å². The standard InChI is InChI=1S/C17H29NO4.ClH/c18-15(17(20)22-14-9-5-2-6-10-14)11-12-16(19)21-13-7-3-1-4-8-13;/h13-15H,1-12,18H2;1H. The van der Waals surface area contributed by atoms with Gasteiger partial charge in [-0.25, -0.2) is 0 Å². The zero-order valence-electron chi connectivity index (χ0n) is 13.8. The number of hydrogen-bond donors (Lipinski definition) is 1. The summed E-state index contributed by atoms with van der Waals surface area (Å²) in [6.45, 7) is 0. The largest absolute Gasteiger partial charge is 0.462 e. The molecule has 2 saturated carbocycles. The van der Waals surface area contributed by atoms with Gasteiger partial charge in [-0.05, 0) is 57.8 Å². The Hall–Kier alpha value is -0.810. The third-order valence-corrected chi connectivity index (χ3v) is 4.65. The monoisotopic (exact) mass is 347 g/mol. The highest BCUT2D eigenvalue weighted by molar-refractivity contribution is 5.85. The first-order valence-corrected chi connectivity index (χ1v) is 8.80. The van der Waals surface area contributed by atoms with Crippen molar-refractivity contribution in [2.75, 3.05) is 0 Å². The van der Waals surface area contributed by atoms with Gasteiger partial charge in [-0.2, -0.15) is 0 Å². The lowest BCUT2D eigenvalue weighted by Crippen LogP contribution is -2.36. The molecule has 6 heteroatoms. The second-order valence-corrected chi connectivity index (χ2v) is 6.59. The molecule has 0 saturated heterocycles. The van der Waals surface area contributed by atoms with Gasteiger partial charge in [-0.3, -0.25) is 9.59 Å². The second-order valence-electron chi connectivity index (χ2n) is 6.59. The maximum absolute atomic E-state index is 11.9. The zero-order valence-corrected chi connectivity index (χ0v) is 14.7. The van der Waals surface area contributed by atoms with Gasteiger partial charge in [0.15, 0.2) is 0 Å². The normalized spacial score (nSPS) is 21.1. The van der Waals surface area contributed by atoms with E-state index < -0.39 is 6.04 Å². The average Bonchev–Trinajstić information content (AvgIpc) is 2.54. The summed E-state index contributed by atoms with van der Waals surface area (Å²) in [5.41, 5.74) is 5.83. The van der Waals surface area contributed by atoms with Crippen molar-refractivity contribution in [1.82, 2.24) is 0 Å². The Balaban J connectivity index is 0.00000264. The van der Waals surface area contributed by atoms with Crippen molar-refractivity contribution < 1.29 is 19.1 Å². The fourth-order valence-corrected chi connectivity index (χ4v) is 3.25. The number of hydrogen-bond acceptors (Lipinski definition) is 5. The molecule has 2 rings (SSSR count). The number of carbonyl (C=O) groups excluding carboxylic acids is 2. The molecular weight excluding hydrogens is 318 g/mol. The molecule has 1 atom stereocenters. The molecule has 2 aliphatic rings. The van der Waals surface area contributed by atoms with Crippen LogP contribution in [-0.4, -0.2) is 30.2 Å². The number of ether oxygens (including phenoxy) is 2. The van der Waals surface area contributed by atoms with Gasteiger partial charge in [0.25, 0.3) is 0 Å². The Bertz CT molecular complexity index is 366. The van der Waals surface area contributed by atoms with Gasteiger partial charge in [-0.1, -0.05) is 12.8 Å². The van der Waals surface area contributed by atoms with Crippen LogP contribution in [0.5, 0.6) is 0 Å². The summed E-state index contributed by atoms with van der Waals surface area (Å²) in [5, 5.41) is 0. The van der Waals surface area contributed by atoms with Crippen LogP contribution in [-0.2, 0) is 19.1 Å². The van der Waals surface area contributed by atoms with Gasteiger partial charge in [0.05, 0.1) is 0 Å². The first-order valence-electron chi connectivity index (χ1n) is 8.80. The summed E-state index contributed by atoms with van der Waals surface area (Å²) in [4.78, 5) is 23.7. The fourth-order valence-electron chi connectivity index (χ4n) is 3.25. The van der Waals surface area contributed by atoms with E-state index >= 15 is 0 Å². The minimum absolute atomic E-state index is 0. The molecule has 0 aromatic carbocycles. The van der Waals surface area contributed by atoms with Gasteiger partial charge in [0.1, 0.15) is 18.2 Å². The van der Waals surface area contributed by atoms with E-state index in [9.17, 15) is 9.59 Å². The lowest BCUT2D eigenvalue weighted by atomic mass is 9.97. The van der Waals surface area contributed by atoms with E-state index in [0.29, 0.717) is 6.42 Å². The Kier molecular flexibility index (Phi) is 9.56. The van der Waals surface area contributed by atoms with Crippen molar-refractivity contribution in [3.63, 3.8) is 0 Å². The van der Waals surface area contributed by atoms with E-state index in [1.165, 1.54) is 12.8 Å². The maximum Gasteiger partial charge on any atom is 0.323 e. The highest BCUT2D eigenvalue weighted by Gasteiger charge is 2.24. The van der Waals surface area contributed by atoms with E-state index in [4.69, 9.17) is 15.2 Å². The average molecular weight is 348 g/mol. The van der Waals surface area contributed by atoms with Crippen LogP contribution in [0.25, 0.3) is 0 Å². The highest BCUT2D eigenvalue weighted by Crippen LogP contribution is 2.22. The molecule has 0 heterocycles. The van der Waals surface area contributed by atoms with E-state index in [0.717, 1.165) is 51.4 Å². The molecule has 2 aliphatic carbocycles. The van der Waals surface area contributed by atoms with Crippen LogP contribution in [0, 0.1) is 0 Å². The van der Waals surface area contributed by atoms with E-state index in [1.54, 1.807) is 0 Å². The maximum atomic E-state index is 11.9. The number of esters is 2. The number of rotatable bonds is 6. The molecule has 2 N–H and O–H groups in total. The molecule has 1 unspecified atom stereocenters. The van der Waals surface area contributed by atoms with Gasteiger partial charge >= 0.3 is 11.9 Å². The summed E-state index contributed by atoms with van der Waals surface area (Å²) < 4.78 is 10.8. The molecule has 23 heavy (non-hydrogen) atoms. The topological polar surface area (TPSA) is 78.6 Å². The van der Waals surface area contributed by atoms with Gasteiger partial charge in [0.2, 0.25) is 0 Å². The van der Waals surface area contributed by atoms with Crippen LogP contribution < -0.4 is 5.73 Å². The van der Waals surface area contributed by atoms with Crippen molar-refractivity contribution in [2.24, 2.45) is 5.73 Å². The fraction of sp³-hybridized carbons (Fsp3) is 0.882. The molecule has 0 spiro atoms. The first-order chi connectivity index (χ1) is 10.6. The van der Waals surface area contributed by atoms with Crippen molar-refractivity contribution >= 4 is 24.3 Å². The summed E-state index contributed by atoms with van der Waals surface area (Å²) in [5.74, 6) is -0.620. The predicted molar refractivity (Wildman–Crippen MR) is 90.4 cm³/mol. The van der Waals surface area contributed by atoms with Crippen LogP contribution in [0.1, 0.15) is 77.0 Å². The summed E-state index contributed by atoms with van der Waals surface area (Å²) in [6.07, 6.45) is 11.3. The van der Waals surface area contributed by atoms with Crippen LogP contribution >= 0.6 is 12.4 Å². The Morgan fingerprint density at radius 2 is 1.35 bits per heavy atom. The molecular formula is C17H30ClNO4. The van der Waals surface area contributed by atoms with Crippen LogP contribution in [0.15, 0.2) is 0 Å². The van der Waals surface area contributed by atoms with E-state index in [-0.39, 0.29) is 43.0 Å². The SMILES string of the molecule is Cl.NC(CCC(=O)OC1CCCCC1)C(=O)OC1CCCCC1.